The molecule has 55 heavy (non-hydrogen) atoms. The first-order valence-electron chi connectivity index (χ1n) is 17.5. The molecule has 11 nitrogen and oxygen atoms in total. The van der Waals surface area contributed by atoms with Gasteiger partial charge in [0.2, 0.25) is 10.0 Å². The summed E-state index contributed by atoms with van der Waals surface area (Å²) in [7, 11) is -3.49. The van der Waals surface area contributed by atoms with Crippen LogP contribution < -0.4 is 24.4 Å². The minimum Gasteiger partial charge on any atom is -0.493 e. The lowest BCUT2D eigenvalue weighted by molar-refractivity contribution is 0.0950. The van der Waals surface area contributed by atoms with E-state index in [2.05, 4.69) is 31.0 Å². The van der Waals surface area contributed by atoms with Crippen molar-refractivity contribution in [1.82, 2.24) is 15.3 Å². The van der Waals surface area contributed by atoms with E-state index < -0.39 is 10.0 Å². The first kappa shape index (κ1) is 38.0. The van der Waals surface area contributed by atoms with Gasteiger partial charge in [0.05, 0.1) is 30.2 Å². The molecule has 278 valence electrons. The number of sulfonamides is 1. The van der Waals surface area contributed by atoms with Crippen LogP contribution in [0.15, 0.2) is 134 Å². The third-order valence-electron chi connectivity index (χ3n) is 8.66. The second-order valence-electron chi connectivity index (χ2n) is 12.9. The number of rotatable bonds is 16. The van der Waals surface area contributed by atoms with Gasteiger partial charge in [-0.2, -0.15) is 5.26 Å². The lowest BCUT2D eigenvalue weighted by Gasteiger charge is -2.28. The number of nitriles is 1. The first-order chi connectivity index (χ1) is 26.6. The van der Waals surface area contributed by atoms with Crippen molar-refractivity contribution >= 4 is 27.3 Å². The number of carbonyl (C=O) groups excluding carboxylic acids is 1. The standard InChI is InChI=1S/C43H40N6O5S/c1-31-41(48-55(2,51)52)6-3-7-42(31)49(29-35-10-8-32(26-44)9-11-35)30-36-12-14-38(15-13-36)54-40-24-37(43(50)47-28-34-16-20-45-21-17-34)23-39(25-40)53-22-18-33-5-4-19-46-27-33/h3-17,19-21,23-25,27,48H,18,22,28-30H2,1-2H3,(H,47,50). The molecule has 0 spiro atoms. The number of amides is 1. The van der Waals surface area contributed by atoms with E-state index >= 15 is 0 Å². The number of benzene rings is 4. The molecule has 6 rings (SSSR count). The number of nitrogens with one attached hydrogen (secondary N) is 2. The van der Waals surface area contributed by atoms with E-state index in [4.69, 9.17) is 9.47 Å². The lowest BCUT2D eigenvalue weighted by Crippen LogP contribution is -2.23. The van der Waals surface area contributed by atoms with E-state index in [0.29, 0.717) is 66.7 Å². The summed E-state index contributed by atoms with van der Waals surface area (Å²) in [5.74, 6) is 1.22. The molecule has 0 fully saturated rings. The molecule has 2 heterocycles. The van der Waals surface area contributed by atoms with Gasteiger partial charge >= 0.3 is 0 Å². The predicted octanol–water partition coefficient (Wildman–Crippen LogP) is 7.58. The number of aromatic nitrogens is 2. The molecular weight excluding hydrogens is 713 g/mol. The molecule has 2 aromatic heterocycles. The van der Waals surface area contributed by atoms with Gasteiger partial charge in [0.25, 0.3) is 5.91 Å². The molecule has 2 N–H and O–H groups in total. The van der Waals surface area contributed by atoms with Crippen LogP contribution in [0.1, 0.15) is 43.7 Å². The van der Waals surface area contributed by atoms with Crippen LogP contribution in [0.25, 0.3) is 0 Å². The monoisotopic (exact) mass is 752 g/mol. The van der Waals surface area contributed by atoms with Gasteiger partial charge in [-0.05, 0) is 101 Å². The van der Waals surface area contributed by atoms with Gasteiger partial charge in [0, 0.05) is 68.2 Å². The van der Waals surface area contributed by atoms with Crippen molar-refractivity contribution in [2.75, 3.05) is 22.5 Å². The lowest BCUT2D eigenvalue weighted by atomic mass is 10.1. The number of anilines is 2. The van der Waals surface area contributed by atoms with Crippen molar-refractivity contribution in [3.05, 3.63) is 173 Å². The number of hydrogen-bond donors (Lipinski definition) is 2. The zero-order valence-electron chi connectivity index (χ0n) is 30.5. The predicted molar refractivity (Wildman–Crippen MR) is 212 cm³/mol. The average molecular weight is 753 g/mol. The summed E-state index contributed by atoms with van der Waals surface area (Å²) in [5.41, 5.74) is 7.03. The minimum absolute atomic E-state index is 0.275. The highest BCUT2D eigenvalue weighted by Gasteiger charge is 2.16. The van der Waals surface area contributed by atoms with Crippen LogP contribution in [-0.2, 0) is 36.1 Å². The number of carbonyl (C=O) groups is 1. The van der Waals surface area contributed by atoms with Crippen LogP contribution in [-0.4, -0.2) is 37.2 Å². The molecule has 0 aliphatic rings. The van der Waals surface area contributed by atoms with Crippen LogP contribution in [0.4, 0.5) is 11.4 Å². The Bertz CT molecular complexity index is 2370. The van der Waals surface area contributed by atoms with Gasteiger partial charge in [-0.25, -0.2) is 8.42 Å². The maximum Gasteiger partial charge on any atom is 0.251 e. The Morgan fingerprint density at radius 3 is 2.16 bits per heavy atom. The van der Waals surface area contributed by atoms with Crippen molar-refractivity contribution in [3.8, 4) is 23.3 Å². The Balaban J connectivity index is 1.21. The van der Waals surface area contributed by atoms with Gasteiger partial charge in [-0.1, -0.05) is 36.4 Å². The van der Waals surface area contributed by atoms with Crippen LogP contribution in [0, 0.1) is 18.3 Å². The highest BCUT2D eigenvalue weighted by atomic mass is 32.2. The number of hydrogen-bond acceptors (Lipinski definition) is 9. The van der Waals surface area contributed by atoms with E-state index in [1.165, 1.54) is 0 Å². The van der Waals surface area contributed by atoms with Gasteiger partial charge in [-0.15, -0.1) is 0 Å². The first-order valence-corrected chi connectivity index (χ1v) is 19.4. The molecule has 0 saturated heterocycles. The Labute approximate surface area is 321 Å². The molecule has 6 aromatic rings. The Hall–Kier alpha value is -6.71. The number of ether oxygens (including phenoxy) is 2. The molecule has 4 aromatic carbocycles. The van der Waals surface area contributed by atoms with Crippen molar-refractivity contribution in [2.24, 2.45) is 0 Å². The molecule has 0 radical (unpaired) electrons. The van der Waals surface area contributed by atoms with E-state index in [9.17, 15) is 18.5 Å². The normalized spacial score (nSPS) is 10.9. The zero-order chi connectivity index (χ0) is 38.6. The highest BCUT2D eigenvalue weighted by Crippen LogP contribution is 2.32. The third kappa shape index (κ3) is 11.1. The minimum atomic E-state index is -3.49. The summed E-state index contributed by atoms with van der Waals surface area (Å²) >= 11 is 0. The smallest absolute Gasteiger partial charge is 0.251 e. The second-order valence-corrected chi connectivity index (χ2v) is 14.7. The van der Waals surface area contributed by atoms with Gasteiger partial charge in [-0.3, -0.25) is 19.5 Å². The fraction of sp³-hybridized carbons (Fsp3) is 0.163. The summed E-state index contributed by atoms with van der Waals surface area (Å²) in [5, 5.41) is 12.2. The summed E-state index contributed by atoms with van der Waals surface area (Å²) < 4.78 is 39.2. The average Bonchev–Trinajstić information content (AvgIpc) is 3.19. The molecule has 0 aliphatic heterocycles. The van der Waals surface area contributed by atoms with E-state index in [-0.39, 0.29) is 5.91 Å². The molecule has 0 saturated carbocycles. The van der Waals surface area contributed by atoms with E-state index in [0.717, 1.165) is 39.8 Å². The molecule has 0 atom stereocenters. The Kier molecular flexibility index (Phi) is 12.4. The summed E-state index contributed by atoms with van der Waals surface area (Å²) in [6, 6.07) is 35.4. The molecule has 12 heteroatoms. The van der Waals surface area contributed by atoms with E-state index in [1.807, 2.05) is 79.7 Å². The quantitative estimate of drug-likeness (QED) is 0.102. The van der Waals surface area contributed by atoms with Gasteiger partial charge < -0.3 is 19.7 Å². The van der Waals surface area contributed by atoms with Crippen molar-refractivity contribution in [2.45, 2.75) is 33.0 Å². The maximum atomic E-state index is 13.3. The Morgan fingerprint density at radius 2 is 1.49 bits per heavy atom. The summed E-state index contributed by atoms with van der Waals surface area (Å²) in [6.07, 6.45) is 8.66. The van der Waals surface area contributed by atoms with Crippen molar-refractivity contribution < 1.29 is 22.7 Å². The van der Waals surface area contributed by atoms with Gasteiger partial charge in [0.1, 0.15) is 17.2 Å². The molecule has 1 amide bonds. The largest absolute Gasteiger partial charge is 0.493 e. The fourth-order valence-electron chi connectivity index (χ4n) is 5.89. The van der Waals surface area contributed by atoms with Crippen molar-refractivity contribution in [3.63, 3.8) is 0 Å². The molecule has 0 unspecified atom stereocenters. The highest BCUT2D eigenvalue weighted by molar-refractivity contribution is 7.92. The fourth-order valence-corrected chi connectivity index (χ4v) is 6.51. The van der Waals surface area contributed by atoms with Crippen LogP contribution in [0.3, 0.4) is 0 Å². The molecule has 0 aliphatic carbocycles. The molecular formula is C43H40N6O5S. The van der Waals surface area contributed by atoms with Crippen LogP contribution in [0.2, 0.25) is 0 Å². The van der Waals surface area contributed by atoms with Crippen molar-refractivity contribution in [1.29, 1.82) is 5.26 Å². The third-order valence-corrected chi connectivity index (χ3v) is 9.25. The maximum absolute atomic E-state index is 13.3. The molecule has 0 bridgehead atoms. The van der Waals surface area contributed by atoms with Crippen LogP contribution >= 0.6 is 0 Å². The zero-order valence-corrected chi connectivity index (χ0v) is 31.3. The number of nitrogens with zero attached hydrogens (tertiary/aromatic N) is 4. The SMILES string of the molecule is Cc1c(NS(C)(=O)=O)cccc1N(Cc1ccc(C#N)cc1)Cc1ccc(Oc2cc(OCCc3cccnc3)cc(C(=O)NCc3ccncc3)c2)cc1. The van der Waals surface area contributed by atoms with Gasteiger partial charge in [0.15, 0.2) is 0 Å². The second kappa shape index (κ2) is 17.9. The summed E-state index contributed by atoms with van der Waals surface area (Å²) in [6.45, 7) is 3.60. The topological polar surface area (TPSA) is 147 Å². The Morgan fingerprint density at radius 1 is 0.782 bits per heavy atom. The summed E-state index contributed by atoms with van der Waals surface area (Å²) in [4.78, 5) is 23.7. The van der Waals surface area contributed by atoms with E-state index in [1.54, 1.807) is 61.2 Å². The number of pyridine rings is 2. The van der Waals surface area contributed by atoms with Crippen LogP contribution in [0.5, 0.6) is 17.2 Å².